The van der Waals surface area contributed by atoms with Crippen LogP contribution in [-0.2, 0) is 6.42 Å². The van der Waals surface area contributed by atoms with Gasteiger partial charge in [0, 0.05) is 31.1 Å². The smallest absolute Gasteiger partial charge is 0.264 e. The van der Waals surface area contributed by atoms with Crippen LogP contribution in [0.3, 0.4) is 0 Å². The number of aryl methyl sites for hydroxylation is 2. The minimum absolute atomic E-state index is 0.103. The van der Waals surface area contributed by atoms with Gasteiger partial charge in [0.25, 0.3) is 5.91 Å². The average molecular weight is 332 g/mol. The fraction of sp³-hybridized carbons (Fsp3) is 0.389. The van der Waals surface area contributed by atoms with E-state index in [0.717, 1.165) is 11.3 Å². The van der Waals surface area contributed by atoms with E-state index in [9.17, 15) is 9.18 Å². The number of para-hydroxylation sites is 1. The predicted octanol–water partition coefficient (Wildman–Crippen LogP) is 3.72. The second-order valence-electron chi connectivity index (χ2n) is 5.80. The first kappa shape index (κ1) is 16.0. The van der Waals surface area contributed by atoms with E-state index in [1.807, 2.05) is 21.9 Å². The van der Waals surface area contributed by atoms with Crippen molar-refractivity contribution in [3.63, 3.8) is 0 Å². The quantitative estimate of drug-likeness (QED) is 0.855. The molecule has 1 aromatic carbocycles. The maximum absolute atomic E-state index is 13.9. The van der Waals surface area contributed by atoms with E-state index in [-0.39, 0.29) is 11.7 Å². The molecule has 0 radical (unpaired) electrons. The highest BCUT2D eigenvalue weighted by atomic mass is 32.1. The number of hydrogen-bond donors (Lipinski definition) is 0. The van der Waals surface area contributed by atoms with Crippen LogP contribution in [0.15, 0.2) is 30.3 Å². The molecule has 0 bridgehead atoms. The topological polar surface area (TPSA) is 23.6 Å². The van der Waals surface area contributed by atoms with Gasteiger partial charge in [-0.3, -0.25) is 4.79 Å². The van der Waals surface area contributed by atoms with Gasteiger partial charge in [-0.05, 0) is 37.1 Å². The molecule has 0 unspecified atom stereocenters. The number of halogens is 1. The van der Waals surface area contributed by atoms with E-state index in [4.69, 9.17) is 0 Å². The summed E-state index contributed by atoms with van der Waals surface area (Å²) >= 11 is 1.60. The number of hydrogen-bond acceptors (Lipinski definition) is 3. The van der Waals surface area contributed by atoms with Gasteiger partial charge in [-0.15, -0.1) is 11.3 Å². The second kappa shape index (κ2) is 6.71. The number of amides is 1. The van der Waals surface area contributed by atoms with Crippen molar-refractivity contribution in [2.45, 2.75) is 20.3 Å². The molecular formula is C18H21FN2OS. The molecule has 0 aliphatic carbocycles. The van der Waals surface area contributed by atoms with Gasteiger partial charge in [0.15, 0.2) is 0 Å². The highest BCUT2D eigenvalue weighted by Crippen LogP contribution is 2.25. The van der Waals surface area contributed by atoms with Crippen LogP contribution in [0.25, 0.3) is 0 Å². The van der Waals surface area contributed by atoms with Crippen molar-refractivity contribution >= 4 is 22.9 Å². The van der Waals surface area contributed by atoms with E-state index in [1.54, 1.807) is 23.5 Å². The Kier molecular flexibility index (Phi) is 4.66. The molecule has 0 atom stereocenters. The summed E-state index contributed by atoms with van der Waals surface area (Å²) < 4.78 is 13.9. The van der Waals surface area contributed by atoms with Crippen molar-refractivity contribution in [2.24, 2.45) is 0 Å². The normalized spacial score (nSPS) is 15.1. The number of anilines is 1. The first-order chi connectivity index (χ1) is 11.1. The maximum Gasteiger partial charge on any atom is 0.264 e. The first-order valence-electron chi connectivity index (χ1n) is 7.98. The molecule has 1 saturated heterocycles. The van der Waals surface area contributed by atoms with E-state index in [0.29, 0.717) is 31.9 Å². The summed E-state index contributed by atoms with van der Waals surface area (Å²) in [6.45, 7) is 6.76. The van der Waals surface area contributed by atoms with Crippen molar-refractivity contribution in [2.75, 3.05) is 31.1 Å². The number of benzene rings is 1. The summed E-state index contributed by atoms with van der Waals surface area (Å²) in [4.78, 5) is 18.6. The molecular weight excluding hydrogens is 311 g/mol. The van der Waals surface area contributed by atoms with Crippen molar-refractivity contribution in [1.82, 2.24) is 4.90 Å². The molecule has 1 aromatic heterocycles. The van der Waals surface area contributed by atoms with E-state index in [2.05, 4.69) is 13.8 Å². The molecule has 0 spiro atoms. The van der Waals surface area contributed by atoms with E-state index < -0.39 is 0 Å². The van der Waals surface area contributed by atoms with Gasteiger partial charge in [0.05, 0.1) is 10.6 Å². The third kappa shape index (κ3) is 3.24. The van der Waals surface area contributed by atoms with Gasteiger partial charge < -0.3 is 9.80 Å². The maximum atomic E-state index is 13.9. The van der Waals surface area contributed by atoms with Crippen LogP contribution in [0.4, 0.5) is 10.1 Å². The Bertz CT molecular complexity index is 705. The lowest BCUT2D eigenvalue weighted by Crippen LogP contribution is -2.48. The minimum atomic E-state index is -0.200. The SMILES string of the molecule is CCc1sc(C(=O)N2CCN(c3ccccc3F)CC2)cc1C. The molecule has 23 heavy (non-hydrogen) atoms. The molecule has 3 rings (SSSR count). The lowest BCUT2D eigenvalue weighted by molar-refractivity contribution is 0.0751. The Balaban J connectivity index is 1.66. The number of carbonyl (C=O) groups is 1. The molecule has 1 aliphatic heterocycles. The first-order valence-corrected chi connectivity index (χ1v) is 8.80. The summed E-state index contributed by atoms with van der Waals surface area (Å²) in [5.74, 6) is -0.0975. The van der Waals surface area contributed by atoms with Crippen LogP contribution >= 0.6 is 11.3 Å². The molecule has 1 amide bonds. The van der Waals surface area contributed by atoms with Gasteiger partial charge in [0.1, 0.15) is 5.82 Å². The number of rotatable bonds is 3. The fourth-order valence-electron chi connectivity index (χ4n) is 2.99. The van der Waals surface area contributed by atoms with E-state index >= 15 is 0 Å². The molecule has 122 valence electrons. The largest absolute Gasteiger partial charge is 0.366 e. The predicted molar refractivity (Wildman–Crippen MR) is 93.0 cm³/mol. The Labute approximate surface area is 140 Å². The Morgan fingerprint density at radius 2 is 1.91 bits per heavy atom. The number of piperazine rings is 1. The van der Waals surface area contributed by atoms with Crippen molar-refractivity contribution in [1.29, 1.82) is 0 Å². The van der Waals surface area contributed by atoms with Gasteiger partial charge in [-0.25, -0.2) is 4.39 Å². The van der Waals surface area contributed by atoms with Crippen LogP contribution in [-0.4, -0.2) is 37.0 Å². The summed E-state index contributed by atoms with van der Waals surface area (Å²) in [6, 6.07) is 8.81. The average Bonchev–Trinajstić information content (AvgIpc) is 2.96. The monoisotopic (exact) mass is 332 g/mol. The fourth-order valence-corrected chi connectivity index (χ4v) is 4.07. The lowest BCUT2D eigenvalue weighted by Gasteiger charge is -2.36. The highest BCUT2D eigenvalue weighted by molar-refractivity contribution is 7.14. The Morgan fingerprint density at radius 3 is 2.52 bits per heavy atom. The van der Waals surface area contributed by atoms with Crippen LogP contribution in [0.5, 0.6) is 0 Å². The zero-order valence-electron chi connectivity index (χ0n) is 13.5. The molecule has 2 heterocycles. The molecule has 0 saturated carbocycles. The molecule has 1 aliphatic rings. The highest BCUT2D eigenvalue weighted by Gasteiger charge is 2.24. The van der Waals surface area contributed by atoms with Gasteiger partial charge in [-0.1, -0.05) is 19.1 Å². The lowest BCUT2D eigenvalue weighted by atomic mass is 10.2. The third-order valence-electron chi connectivity index (χ3n) is 4.31. The number of nitrogens with zero attached hydrogens (tertiary/aromatic N) is 2. The van der Waals surface area contributed by atoms with Gasteiger partial charge in [0.2, 0.25) is 0 Å². The molecule has 5 heteroatoms. The second-order valence-corrected chi connectivity index (χ2v) is 6.94. The van der Waals surface area contributed by atoms with Crippen molar-refractivity contribution < 1.29 is 9.18 Å². The minimum Gasteiger partial charge on any atom is -0.366 e. The third-order valence-corrected chi connectivity index (χ3v) is 5.68. The van der Waals surface area contributed by atoms with Crippen LogP contribution in [0, 0.1) is 12.7 Å². The van der Waals surface area contributed by atoms with Crippen LogP contribution in [0.2, 0.25) is 0 Å². The zero-order valence-corrected chi connectivity index (χ0v) is 14.3. The van der Waals surface area contributed by atoms with Crippen LogP contribution < -0.4 is 4.90 Å². The van der Waals surface area contributed by atoms with Crippen LogP contribution in [0.1, 0.15) is 27.0 Å². The Morgan fingerprint density at radius 1 is 1.22 bits per heavy atom. The van der Waals surface area contributed by atoms with Crippen molar-refractivity contribution in [3.05, 3.63) is 51.5 Å². The molecule has 1 fully saturated rings. The molecule has 3 nitrogen and oxygen atoms in total. The number of thiophene rings is 1. The van der Waals surface area contributed by atoms with Gasteiger partial charge >= 0.3 is 0 Å². The van der Waals surface area contributed by atoms with E-state index in [1.165, 1.54) is 16.5 Å². The van der Waals surface area contributed by atoms with Crippen molar-refractivity contribution in [3.8, 4) is 0 Å². The molecule has 2 aromatic rings. The number of carbonyl (C=O) groups excluding carboxylic acids is 1. The standard InChI is InChI=1S/C18H21FN2OS/c1-3-16-13(2)12-17(23-16)18(22)21-10-8-20(9-11-21)15-7-5-4-6-14(15)19/h4-7,12H,3,8-11H2,1-2H3. The van der Waals surface area contributed by atoms with Gasteiger partial charge in [-0.2, -0.15) is 0 Å². The summed E-state index contributed by atoms with van der Waals surface area (Å²) in [6.07, 6.45) is 0.963. The molecule has 0 N–H and O–H groups in total. The Hall–Kier alpha value is -1.88. The summed E-state index contributed by atoms with van der Waals surface area (Å²) in [5.41, 5.74) is 1.82. The zero-order chi connectivity index (χ0) is 16.4. The summed E-state index contributed by atoms with van der Waals surface area (Å²) in [5, 5.41) is 0. The summed E-state index contributed by atoms with van der Waals surface area (Å²) in [7, 11) is 0.